The summed E-state index contributed by atoms with van der Waals surface area (Å²) in [6, 6.07) is 10.6. The minimum atomic E-state index is -3.69. The Bertz CT molecular complexity index is 1240. The number of unbranched alkanes of at least 4 members (excludes halogenated alkanes) is 1. The van der Waals surface area contributed by atoms with Crippen molar-refractivity contribution in [2.45, 2.75) is 56.0 Å². The number of piperazine rings is 1. The Labute approximate surface area is 228 Å². The Morgan fingerprint density at radius 3 is 2.54 bits per heavy atom. The van der Waals surface area contributed by atoms with Gasteiger partial charge in [0.25, 0.3) is 0 Å². The van der Waals surface area contributed by atoms with E-state index in [-0.39, 0.29) is 42.1 Å². The maximum atomic E-state index is 13.9. The molecule has 0 radical (unpaired) electrons. The van der Waals surface area contributed by atoms with E-state index in [9.17, 15) is 26.8 Å². The molecule has 2 unspecified atom stereocenters. The number of hydrogen-bond acceptors (Lipinski definition) is 5. The molecule has 2 amide bonds. The number of sulfonamides is 1. The molecule has 212 valence electrons. The lowest BCUT2D eigenvalue weighted by Gasteiger charge is -2.35. The van der Waals surface area contributed by atoms with Crippen molar-refractivity contribution in [2.24, 2.45) is 5.92 Å². The molecule has 39 heavy (non-hydrogen) atoms. The third-order valence-corrected chi connectivity index (χ3v) is 9.17. The molecule has 2 heterocycles. The highest BCUT2D eigenvalue weighted by molar-refractivity contribution is 7.89. The lowest BCUT2D eigenvalue weighted by molar-refractivity contribution is -0.129. The number of halogens is 2. The highest BCUT2D eigenvalue weighted by atomic mass is 32.2. The van der Waals surface area contributed by atoms with Gasteiger partial charge < -0.3 is 15.5 Å². The molecule has 2 aromatic carbocycles. The Hall–Kier alpha value is -2.89. The number of hydrogen-bond donors (Lipinski definition) is 2. The zero-order valence-corrected chi connectivity index (χ0v) is 22.9. The smallest absolute Gasteiger partial charge is 0.243 e. The minimum Gasteiger partial charge on any atom is -0.353 e. The van der Waals surface area contributed by atoms with Crippen LogP contribution >= 0.6 is 0 Å². The van der Waals surface area contributed by atoms with E-state index in [1.165, 1.54) is 16.4 Å². The molecule has 2 aliphatic heterocycles. The van der Waals surface area contributed by atoms with Crippen LogP contribution in [0.1, 0.15) is 38.2 Å². The molecule has 2 fully saturated rings. The number of carbonyl (C=O) groups is 2. The third kappa shape index (κ3) is 7.61. The summed E-state index contributed by atoms with van der Waals surface area (Å²) in [5.74, 6) is -2.26. The molecule has 0 aliphatic carbocycles. The molecule has 2 N–H and O–H groups in total. The molecule has 3 atom stereocenters. The van der Waals surface area contributed by atoms with Crippen molar-refractivity contribution in [3.05, 3.63) is 65.7 Å². The summed E-state index contributed by atoms with van der Waals surface area (Å²) in [5, 5.41) is 6.33. The summed E-state index contributed by atoms with van der Waals surface area (Å²) >= 11 is 0. The van der Waals surface area contributed by atoms with Crippen LogP contribution < -0.4 is 10.6 Å². The number of likely N-dealkylation sites (tertiary alicyclic amines) is 1. The molecule has 0 bridgehead atoms. The fourth-order valence-corrected chi connectivity index (χ4v) is 6.80. The predicted octanol–water partition coefficient (Wildman–Crippen LogP) is 2.69. The predicted molar refractivity (Wildman–Crippen MR) is 143 cm³/mol. The number of carbonyl (C=O) groups excluding carboxylic acids is 2. The van der Waals surface area contributed by atoms with Crippen molar-refractivity contribution in [1.82, 2.24) is 19.8 Å². The standard InChI is InChI=1S/C28H36F2N4O4S/c1-2-3-10-33-18-21(15-27(33)35)28(36)32-24(14-20-12-22(29)16-23(30)13-20)17-25-19-34(11-9-31-25)39(37,38)26-7-5-4-6-8-26/h4-8,12-13,16,21,24-25,31H,2-3,9-11,14-15,17-19H2,1H3,(H,32,36)/t21?,24?,25-/m0/s1. The minimum absolute atomic E-state index is 0.0527. The molecule has 8 nitrogen and oxygen atoms in total. The average molecular weight is 563 g/mol. The number of nitrogens with zero attached hydrogens (tertiary/aromatic N) is 2. The molecule has 0 aromatic heterocycles. The second-order valence-electron chi connectivity index (χ2n) is 10.3. The molecule has 4 rings (SSSR count). The summed E-state index contributed by atoms with van der Waals surface area (Å²) in [4.78, 5) is 27.6. The van der Waals surface area contributed by atoms with E-state index in [1.54, 1.807) is 35.2 Å². The van der Waals surface area contributed by atoms with Gasteiger partial charge in [-0.2, -0.15) is 4.31 Å². The lowest BCUT2D eigenvalue weighted by atomic mass is 9.97. The van der Waals surface area contributed by atoms with Crippen LogP contribution in [0.15, 0.2) is 53.4 Å². The van der Waals surface area contributed by atoms with Crippen molar-refractivity contribution in [3.8, 4) is 0 Å². The Morgan fingerprint density at radius 2 is 1.85 bits per heavy atom. The van der Waals surface area contributed by atoms with Gasteiger partial charge in [-0.05, 0) is 49.1 Å². The van der Waals surface area contributed by atoms with Gasteiger partial charge in [0.05, 0.1) is 10.8 Å². The fourth-order valence-electron chi connectivity index (χ4n) is 5.29. The summed E-state index contributed by atoms with van der Waals surface area (Å²) in [6.45, 7) is 3.91. The largest absolute Gasteiger partial charge is 0.353 e. The van der Waals surface area contributed by atoms with Gasteiger partial charge in [0, 0.05) is 57.3 Å². The second kappa shape index (κ2) is 13.0. The van der Waals surface area contributed by atoms with Crippen molar-refractivity contribution in [2.75, 3.05) is 32.7 Å². The number of amides is 2. The van der Waals surface area contributed by atoms with E-state index in [1.807, 2.05) is 6.92 Å². The van der Waals surface area contributed by atoms with Crippen molar-refractivity contribution in [3.63, 3.8) is 0 Å². The Balaban J connectivity index is 1.47. The molecule has 2 aromatic rings. The van der Waals surface area contributed by atoms with Crippen molar-refractivity contribution >= 4 is 21.8 Å². The monoisotopic (exact) mass is 562 g/mol. The third-order valence-electron chi connectivity index (χ3n) is 7.29. The number of nitrogens with one attached hydrogen (secondary N) is 2. The first-order chi connectivity index (χ1) is 18.7. The van der Waals surface area contributed by atoms with Crippen LogP contribution in [0.3, 0.4) is 0 Å². The number of rotatable bonds is 11. The van der Waals surface area contributed by atoms with Gasteiger partial charge in [-0.15, -0.1) is 0 Å². The zero-order chi connectivity index (χ0) is 28.0. The first-order valence-electron chi connectivity index (χ1n) is 13.5. The van der Waals surface area contributed by atoms with Crippen LogP contribution in [-0.2, 0) is 26.0 Å². The van der Waals surface area contributed by atoms with Gasteiger partial charge in [0.2, 0.25) is 21.8 Å². The first kappa shape index (κ1) is 29.1. The Morgan fingerprint density at radius 1 is 1.13 bits per heavy atom. The van der Waals surface area contributed by atoms with Gasteiger partial charge in [-0.25, -0.2) is 17.2 Å². The maximum absolute atomic E-state index is 13.9. The SMILES string of the molecule is CCCCN1CC(C(=O)NC(Cc2cc(F)cc(F)c2)C[C@H]2CN(S(=O)(=O)c3ccccc3)CCN2)CC1=O. The molecule has 2 aliphatic rings. The van der Waals surface area contributed by atoms with Crippen molar-refractivity contribution < 1.29 is 26.8 Å². The van der Waals surface area contributed by atoms with Gasteiger partial charge in [-0.1, -0.05) is 31.5 Å². The maximum Gasteiger partial charge on any atom is 0.243 e. The van der Waals surface area contributed by atoms with E-state index in [4.69, 9.17) is 0 Å². The van der Waals surface area contributed by atoms with E-state index < -0.39 is 33.6 Å². The van der Waals surface area contributed by atoms with Crippen LogP contribution in [0.25, 0.3) is 0 Å². The van der Waals surface area contributed by atoms with E-state index >= 15 is 0 Å². The van der Waals surface area contributed by atoms with Crippen molar-refractivity contribution in [1.29, 1.82) is 0 Å². The summed E-state index contributed by atoms with van der Waals surface area (Å²) in [7, 11) is -3.69. The first-order valence-corrected chi connectivity index (χ1v) is 14.9. The van der Waals surface area contributed by atoms with E-state index in [0.29, 0.717) is 38.2 Å². The second-order valence-corrected chi connectivity index (χ2v) is 12.3. The topological polar surface area (TPSA) is 98.8 Å². The number of benzene rings is 2. The van der Waals surface area contributed by atoms with Crippen LogP contribution in [0.5, 0.6) is 0 Å². The van der Waals surface area contributed by atoms with Crippen LogP contribution in [0.2, 0.25) is 0 Å². The van der Waals surface area contributed by atoms with Crippen LogP contribution in [0.4, 0.5) is 8.78 Å². The quantitative estimate of drug-likeness (QED) is 0.439. The zero-order valence-electron chi connectivity index (χ0n) is 22.1. The lowest BCUT2D eigenvalue weighted by Crippen LogP contribution is -2.55. The Kier molecular flexibility index (Phi) is 9.68. The average Bonchev–Trinajstić information content (AvgIpc) is 3.28. The highest BCUT2D eigenvalue weighted by Gasteiger charge is 2.36. The van der Waals surface area contributed by atoms with E-state index in [0.717, 1.165) is 18.9 Å². The van der Waals surface area contributed by atoms with Gasteiger partial charge in [0.15, 0.2) is 0 Å². The highest BCUT2D eigenvalue weighted by Crippen LogP contribution is 2.22. The van der Waals surface area contributed by atoms with E-state index in [2.05, 4.69) is 10.6 Å². The van der Waals surface area contributed by atoms with Gasteiger partial charge >= 0.3 is 0 Å². The van der Waals surface area contributed by atoms with Gasteiger partial charge in [-0.3, -0.25) is 9.59 Å². The molecule has 0 saturated carbocycles. The summed E-state index contributed by atoms with van der Waals surface area (Å²) in [6.07, 6.45) is 2.43. The molecule has 0 spiro atoms. The molecule has 11 heteroatoms. The molecular weight excluding hydrogens is 526 g/mol. The van der Waals surface area contributed by atoms with Gasteiger partial charge in [0.1, 0.15) is 11.6 Å². The summed E-state index contributed by atoms with van der Waals surface area (Å²) in [5.41, 5.74) is 0.384. The molecular formula is C28H36F2N4O4S. The normalized spacial score (nSPS) is 21.2. The summed E-state index contributed by atoms with van der Waals surface area (Å²) < 4.78 is 55.6. The van der Waals surface area contributed by atoms with Crippen LogP contribution in [0, 0.1) is 17.6 Å². The van der Waals surface area contributed by atoms with Crippen LogP contribution in [-0.4, -0.2) is 74.2 Å². The fraction of sp³-hybridized carbons (Fsp3) is 0.500. The molecule has 2 saturated heterocycles.